The highest BCUT2D eigenvalue weighted by atomic mass is 35.5. The highest BCUT2D eigenvalue weighted by Gasteiger charge is 2.29. The third kappa shape index (κ3) is 10.7. The Kier molecular flexibility index (Phi) is 13.3. The van der Waals surface area contributed by atoms with Crippen molar-refractivity contribution in [2.45, 2.75) is 44.4 Å². The number of hydrogen-bond donors (Lipinski definition) is 5. The topological polar surface area (TPSA) is 161 Å². The van der Waals surface area contributed by atoms with Crippen LogP contribution in [0.5, 0.6) is 0 Å². The number of rotatable bonds is 13. The molecule has 5 aromatic rings. The van der Waals surface area contributed by atoms with Crippen LogP contribution in [0, 0.1) is 17.7 Å². The van der Waals surface area contributed by atoms with E-state index in [4.69, 9.17) is 11.6 Å². The quantitative estimate of drug-likeness (QED) is 0.0737. The minimum Gasteiger partial charge on any atom is -0.372 e. The van der Waals surface area contributed by atoms with Gasteiger partial charge in [0.05, 0.1) is 22.8 Å². The second-order valence-electron chi connectivity index (χ2n) is 16.2. The van der Waals surface area contributed by atoms with E-state index in [1.54, 1.807) is 72.8 Å². The maximum atomic E-state index is 14.7. The van der Waals surface area contributed by atoms with Crippen molar-refractivity contribution in [1.29, 1.82) is 0 Å². The monoisotopic (exact) mass is 857 g/mol. The van der Waals surface area contributed by atoms with E-state index in [1.165, 1.54) is 5.69 Å². The minimum absolute atomic E-state index is 0.0486. The summed E-state index contributed by atoms with van der Waals surface area (Å²) in [6, 6.07) is 28.7. The average molecular weight is 858 g/mol. The lowest BCUT2D eigenvalue weighted by molar-refractivity contribution is -0.134. The lowest BCUT2D eigenvalue weighted by atomic mass is 9.90. The van der Waals surface area contributed by atoms with E-state index >= 15 is 0 Å². The van der Waals surface area contributed by atoms with Crippen LogP contribution >= 0.6 is 11.6 Å². The zero-order valence-electron chi connectivity index (χ0n) is 34.2. The minimum atomic E-state index is -0.653. The van der Waals surface area contributed by atoms with Crippen molar-refractivity contribution in [2.24, 2.45) is 11.8 Å². The lowest BCUT2D eigenvalue weighted by Crippen LogP contribution is -2.43. The third-order valence-corrected chi connectivity index (χ3v) is 12.3. The van der Waals surface area contributed by atoms with E-state index in [9.17, 15) is 23.6 Å². The number of carbonyl (C=O) groups is 4. The highest BCUT2D eigenvalue weighted by molar-refractivity contribution is 6.33. The summed E-state index contributed by atoms with van der Waals surface area (Å²) in [6.07, 6.45) is 6.38. The van der Waals surface area contributed by atoms with Crippen molar-refractivity contribution in [2.75, 3.05) is 60.1 Å². The first-order chi connectivity index (χ1) is 30.1. The number of nitrogens with one attached hydrogen (secondary N) is 5. The summed E-state index contributed by atoms with van der Waals surface area (Å²) < 4.78 is 14.7. The molecule has 8 rings (SSSR count). The lowest BCUT2D eigenvalue weighted by Gasteiger charge is -2.38. The Bertz CT molecular complexity index is 2380. The molecule has 62 heavy (non-hydrogen) atoms. The fraction of sp³-hybridized carbons (Fsp3) is 0.319. The standard InChI is InChI=1S/C47H49ClFN9O4/c48-39-3-1-2-4-41(39)54-45(61)34-7-11-35(12-8-34)52-43-40(49)28-51-47(56-43)53-36-13-5-33(6-14-36)44(60)50-27-30-19-23-57(24-20-30)29-31-21-25-58(26-22-31)37-15-9-32(10-16-37)38-17-18-42(59)55-46(38)62/h1-16,28,30-31,38H,17-27,29H2,(H,50,60)(H,54,61)(H,55,59,62)(H2,51,52,53,56). The molecule has 15 heteroatoms. The van der Waals surface area contributed by atoms with Gasteiger partial charge in [0.15, 0.2) is 11.6 Å². The van der Waals surface area contributed by atoms with Crippen molar-refractivity contribution < 1.29 is 23.6 Å². The molecule has 5 N–H and O–H groups in total. The summed E-state index contributed by atoms with van der Waals surface area (Å²) in [6.45, 7) is 5.81. The van der Waals surface area contributed by atoms with Gasteiger partial charge >= 0.3 is 0 Å². The maximum absolute atomic E-state index is 14.7. The molecule has 4 heterocycles. The number of imide groups is 1. The molecule has 3 aliphatic rings. The van der Waals surface area contributed by atoms with E-state index in [0.29, 0.717) is 64.4 Å². The first kappa shape index (κ1) is 42.3. The Morgan fingerprint density at radius 1 is 0.758 bits per heavy atom. The zero-order chi connectivity index (χ0) is 43.0. The number of anilines is 6. The number of piperidine rings is 3. The number of amides is 4. The fourth-order valence-electron chi connectivity index (χ4n) is 8.33. The van der Waals surface area contributed by atoms with Crippen LogP contribution in [-0.2, 0) is 9.59 Å². The van der Waals surface area contributed by atoms with Gasteiger partial charge in [-0.05, 0) is 135 Å². The van der Waals surface area contributed by atoms with Crippen LogP contribution in [0.1, 0.15) is 70.7 Å². The van der Waals surface area contributed by atoms with Gasteiger partial charge < -0.3 is 31.1 Å². The maximum Gasteiger partial charge on any atom is 0.255 e. The van der Waals surface area contributed by atoms with Crippen LogP contribution in [0.25, 0.3) is 0 Å². The van der Waals surface area contributed by atoms with Gasteiger partial charge in [0.2, 0.25) is 17.8 Å². The van der Waals surface area contributed by atoms with Crippen LogP contribution in [0.4, 0.5) is 38.9 Å². The van der Waals surface area contributed by atoms with Crippen molar-refractivity contribution in [3.63, 3.8) is 0 Å². The third-order valence-electron chi connectivity index (χ3n) is 12.0. The first-order valence-corrected chi connectivity index (χ1v) is 21.5. The summed E-state index contributed by atoms with van der Waals surface area (Å²) in [5.41, 5.74) is 4.73. The normalized spacial score (nSPS) is 17.6. The first-order valence-electron chi connectivity index (χ1n) is 21.2. The van der Waals surface area contributed by atoms with Gasteiger partial charge in [-0.15, -0.1) is 0 Å². The van der Waals surface area contributed by atoms with Crippen LogP contribution in [0.15, 0.2) is 103 Å². The number of carbonyl (C=O) groups excluding carboxylic acids is 4. The van der Waals surface area contributed by atoms with Crippen LogP contribution in [0.2, 0.25) is 5.02 Å². The number of para-hydroxylation sites is 1. The van der Waals surface area contributed by atoms with Crippen LogP contribution in [0.3, 0.4) is 0 Å². The van der Waals surface area contributed by atoms with Crippen molar-refractivity contribution in [3.8, 4) is 0 Å². The molecule has 3 aliphatic heterocycles. The Balaban J connectivity index is 0.737. The number of nitrogens with zero attached hydrogens (tertiary/aromatic N) is 4. The van der Waals surface area contributed by atoms with Crippen LogP contribution < -0.4 is 31.5 Å². The summed E-state index contributed by atoms with van der Waals surface area (Å²) in [4.78, 5) is 62.9. The van der Waals surface area contributed by atoms with E-state index < -0.39 is 5.82 Å². The van der Waals surface area contributed by atoms with Crippen molar-refractivity contribution >= 4 is 69.7 Å². The smallest absolute Gasteiger partial charge is 0.255 e. The van der Waals surface area contributed by atoms with Crippen LogP contribution in [-0.4, -0.2) is 77.8 Å². The van der Waals surface area contributed by atoms with Gasteiger partial charge in [0.25, 0.3) is 11.8 Å². The molecule has 0 aliphatic carbocycles. The average Bonchev–Trinajstić information content (AvgIpc) is 3.29. The molecule has 4 amide bonds. The molecule has 3 fully saturated rings. The summed E-state index contributed by atoms with van der Waals surface area (Å²) >= 11 is 6.15. The molecule has 13 nitrogen and oxygen atoms in total. The predicted molar refractivity (Wildman–Crippen MR) is 239 cm³/mol. The van der Waals surface area contributed by atoms with E-state index in [0.717, 1.165) is 70.2 Å². The van der Waals surface area contributed by atoms with Crippen molar-refractivity contribution in [3.05, 3.63) is 131 Å². The summed E-state index contributed by atoms with van der Waals surface area (Å²) in [7, 11) is 0. The molecule has 4 aromatic carbocycles. The molecule has 320 valence electrons. The van der Waals surface area contributed by atoms with E-state index in [-0.39, 0.29) is 41.3 Å². The van der Waals surface area contributed by atoms with Gasteiger partial charge in [-0.1, -0.05) is 35.9 Å². The molecule has 1 atom stereocenters. The fourth-order valence-corrected chi connectivity index (χ4v) is 8.51. The Morgan fingerprint density at radius 2 is 1.40 bits per heavy atom. The molecular formula is C47H49ClFN9O4. The molecule has 0 radical (unpaired) electrons. The molecule has 0 saturated carbocycles. The Morgan fingerprint density at radius 3 is 2.08 bits per heavy atom. The number of aromatic nitrogens is 2. The number of hydrogen-bond acceptors (Lipinski definition) is 10. The van der Waals surface area contributed by atoms with E-state index in [1.807, 2.05) is 12.1 Å². The number of halogens is 2. The largest absolute Gasteiger partial charge is 0.372 e. The van der Waals surface area contributed by atoms with Gasteiger partial charge in [-0.3, -0.25) is 24.5 Å². The molecule has 1 unspecified atom stereocenters. The molecule has 0 spiro atoms. The SMILES string of the molecule is O=C1CCC(c2ccc(N3CCC(CN4CCC(CNC(=O)c5ccc(Nc6ncc(F)c(Nc7ccc(C(=O)Nc8ccccc8Cl)cc7)n6)cc5)CC4)CC3)cc2)C(=O)N1. The number of benzene rings is 4. The molecule has 1 aromatic heterocycles. The Hall–Kier alpha value is -6.38. The summed E-state index contributed by atoms with van der Waals surface area (Å²) in [5.74, 6) is -0.570. The van der Waals surface area contributed by atoms with E-state index in [2.05, 4.69) is 58.5 Å². The van der Waals surface area contributed by atoms with Gasteiger partial charge in [0, 0.05) is 60.8 Å². The molecule has 0 bridgehead atoms. The van der Waals surface area contributed by atoms with Gasteiger partial charge in [-0.25, -0.2) is 9.37 Å². The van der Waals surface area contributed by atoms with Crippen molar-refractivity contribution in [1.82, 2.24) is 25.5 Å². The summed E-state index contributed by atoms with van der Waals surface area (Å²) in [5, 5.41) is 14.8. The molecular weight excluding hydrogens is 809 g/mol. The highest BCUT2D eigenvalue weighted by Crippen LogP contribution is 2.30. The van der Waals surface area contributed by atoms with Gasteiger partial charge in [-0.2, -0.15) is 4.98 Å². The zero-order valence-corrected chi connectivity index (χ0v) is 35.0. The predicted octanol–water partition coefficient (Wildman–Crippen LogP) is 7.89. The number of likely N-dealkylation sites (tertiary alicyclic amines) is 1. The Labute approximate surface area is 364 Å². The second-order valence-corrected chi connectivity index (χ2v) is 16.6. The van der Waals surface area contributed by atoms with Gasteiger partial charge in [0.1, 0.15) is 0 Å². The molecule has 3 saturated heterocycles. The second kappa shape index (κ2) is 19.6.